The van der Waals surface area contributed by atoms with Crippen LogP contribution in [-0.4, -0.2) is 71.9 Å². The number of aromatic nitrogens is 2. The average Bonchev–Trinajstić information content (AvgIpc) is 2.49. The molecule has 1 aliphatic heterocycles. The van der Waals surface area contributed by atoms with Crippen molar-refractivity contribution in [1.82, 2.24) is 14.9 Å². The molecule has 0 amide bonds. The molecule has 1 aromatic heterocycles. The van der Waals surface area contributed by atoms with Gasteiger partial charge in [0, 0.05) is 38.8 Å². The van der Waals surface area contributed by atoms with Crippen LogP contribution in [0.2, 0.25) is 0 Å². The number of hydrogen-bond donors (Lipinski definition) is 1. The van der Waals surface area contributed by atoms with E-state index in [-0.39, 0.29) is 12.3 Å². The number of esters is 1. The molecule has 0 saturated carbocycles. The summed E-state index contributed by atoms with van der Waals surface area (Å²) in [7, 11) is 0. The Bertz CT molecular complexity index is 447. The molecule has 0 aliphatic carbocycles. The van der Waals surface area contributed by atoms with Gasteiger partial charge in [-0.05, 0) is 6.92 Å². The van der Waals surface area contributed by atoms with Gasteiger partial charge in [-0.3, -0.25) is 4.90 Å². The molecule has 0 aromatic carbocycles. The topological polar surface area (TPSA) is 78.8 Å². The van der Waals surface area contributed by atoms with Crippen molar-refractivity contribution in [2.45, 2.75) is 6.92 Å². The van der Waals surface area contributed by atoms with Gasteiger partial charge >= 0.3 is 5.97 Å². The van der Waals surface area contributed by atoms with Crippen LogP contribution in [0, 0.1) is 0 Å². The Labute approximate surface area is 118 Å². The number of aliphatic hydroxyl groups excluding tert-OH is 1. The van der Waals surface area contributed by atoms with Crippen LogP contribution in [0.15, 0.2) is 12.4 Å². The molecule has 0 bridgehead atoms. The summed E-state index contributed by atoms with van der Waals surface area (Å²) >= 11 is 0. The number of rotatable bonds is 5. The summed E-state index contributed by atoms with van der Waals surface area (Å²) in [4.78, 5) is 24.1. The number of nitrogens with zero attached hydrogens (tertiary/aromatic N) is 4. The minimum Gasteiger partial charge on any atom is -0.461 e. The second-order valence-corrected chi connectivity index (χ2v) is 4.53. The zero-order valence-corrected chi connectivity index (χ0v) is 11.7. The zero-order valence-electron chi connectivity index (χ0n) is 11.7. The predicted molar refractivity (Wildman–Crippen MR) is 73.7 cm³/mol. The van der Waals surface area contributed by atoms with Crippen LogP contribution in [0.1, 0.15) is 17.4 Å². The fraction of sp³-hybridized carbons (Fsp3) is 0.615. The highest BCUT2D eigenvalue weighted by atomic mass is 16.5. The zero-order chi connectivity index (χ0) is 14.4. The van der Waals surface area contributed by atoms with E-state index in [2.05, 4.69) is 19.8 Å². The van der Waals surface area contributed by atoms with Gasteiger partial charge in [-0.25, -0.2) is 14.8 Å². The van der Waals surface area contributed by atoms with Crippen LogP contribution in [0.4, 0.5) is 5.82 Å². The minimum atomic E-state index is -0.421. The lowest BCUT2D eigenvalue weighted by Gasteiger charge is -2.35. The van der Waals surface area contributed by atoms with E-state index in [0.717, 1.165) is 32.0 Å². The molecule has 7 heteroatoms. The maximum atomic E-state index is 11.6. The van der Waals surface area contributed by atoms with Gasteiger partial charge in [-0.2, -0.15) is 0 Å². The van der Waals surface area contributed by atoms with E-state index in [4.69, 9.17) is 9.84 Å². The molecule has 0 radical (unpaired) electrons. The lowest BCUT2D eigenvalue weighted by molar-refractivity contribution is 0.0519. The van der Waals surface area contributed by atoms with E-state index >= 15 is 0 Å². The average molecular weight is 280 g/mol. The number of anilines is 1. The first kappa shape index (κ1) is 14.7. The van der Waals surface area contributed by atoms with Gasteiger partial charge in [0.2, 0.25) is 0 Å². The minimum absolute atomic E-state index is 0.181. The SMILES string of the molecule is CCOC(=O)c1cc(N2CCN(CCO)CC2)ncn1. The second kappa shape index (κ2) is 7.16. The summed E-state index contributed by atoms with van der Waals surface area (Å²) in [5.74, 6) is 0.321. The van der Waals surface area contributed by atoms with Crippen molar-refractivity contribution in [2.75, 3.05) is 50.8 Å². The summed E-state index contributed by atoms with van der Waals surface area (Å²) in [6.45, 7) is 6.36. The maximum absolute atomic E-state index is 11.6. The van der Waals surface area contributed by atoms with Gasteiger partial charge in [0.25, 0.3) is 0 Å². The quantitative estimate of drug-likeness (QED) is 0.746. The fourth-order valence-electron chi connectivity index (χ4n) is 2.18. The van der Waals surface area contributed by atoms with Gasteiger partial charge in [0.15, 0.2) is 5.69 Å². The third kappa shape index (κ3) is 3.64. The highest BCUT2D eigenvalue weighted by molar-refractivity contribution is 5.87. The van der Waals surface area contributed by atoms with Crippen LogP contribution < -0.4 is 4.90 Å². The van der Waals surface area contributed by atoms with E-state index in [0.29, 0.717) is 13.2 Å². The molecule has 110 valence electrons. The van der Waals surface area contributed by atoms with Crippen LogP contribution in [-0.2, 0) is 4.74 Å². The lowest BCUT2D eigenvalue weighted by Crippen LogP contribution is -2.47. The fourth-order valence-corrected chi connectivity index (χ4v) is 2.18. The van der Waals surface area contributed by atoms with E-state index in [1.54, 1.807) is 13.0 Å². The van der Waals surface area contributed by atoms with Crippen molar-refractivity contribution in [1.29, 1.82) is 0 Å². The first-order chi connectivity index (χ1) is 9.74. The van der Waals surface area contributed by atoms with Crippen molar-refractivity contribution in [2.24, 2.45) is 0 Å². The van der Waals surface area contributed by atoms with Crippen LogP contribution in [0.3, 0.4) is 0 Å². The number of carbonyl (C=O) groups is 1. The predicted octanol–water partition coefficient (Wildman–Crippen LogP) is -0.232. The Balaban J connectivity index is 1.99. The molecule has 0 spiro atoms. The van der Waals surface area contributed by atoms with Crippen LogP contribution in [0.25, 0.3) is 0 Å². The van der Waals surface area contributed by atoms with Crippen molar-refractivity contribution in [3.05, 3.63) is 18.1 Å². The molecule has 0 atom stereocenters. The van der Waals surface area contributed by atoms with Crippen molar-refractivity contribution < 1.29 is 14.6 Å². The smallest absolute Gasteiger partial charge is 0.357 e. The summed E-state index contributed by atoms with van der Waals surface area (Å²) < 4.78 is 4.94. The second-order valence-electron chi connectivity index (χ2n) is 4.53. The van der Waals surface area contributed by atoms with Crippen molar-refractivity contribution in [3.63, 3.8) is 0 Å². The molecule has 1 N–H and O–H groups in total. The molecule has 1 aromatic rings. The van der Waals surface area contributed by atoms with Crippen LogP contribution in [0.5, 0.6) is 0 Å². The first-order valence-electron chi connectivity index (χ1n) is 6.82. The van der Waals surface area contributed by atoms with Gasteiger partial charge < -0.3 is 14.7 Å². The van der Waals surface area contributed by atoms with Crippen LogP contribution >= 0.6 is 0 Å². The number of piperazine rings is 1. The normalized spacial score (nSPS) is 16.2. The Morgan fingerprint density at radius 1 is 1.35 bits per heavy atom. The highest BCUT2D eigenvalue weighted by Crippen LogP contribution is 2.14. The summed E-state index contributed by atoms with van der Waals surface area (Å²) in [5, 5.41) is 8.92. The molecule has 1 saturated heterocycles. The molecule has 1 fully saturated rings. The van der Waals surface area contributed by atoms with E-state index in [1.807, 2.05) is 0 Å². The number of hydrogen-bond acceptors (Lipinski definition) is 7. The van der Waals surface area contributed by atoms with Crippen molar-refractivity contribution in [3.8, 4) is 0 Å². The highest BCUT2D eigenvalue weighted by Gasteiger charge is 2.19. The van der Waals surface area contributed by atoms with Gasteiger partial charge in [0.05, 0.1) is 13.2 Å². The molecule has 0 unspecified atom stereocenters. The summed E-state index contributed by atoms with van der Waals surface area (Å²) in [6, 6.07) is 1.67. The Kier molecular flexibility index (Phi) is 5.25. The van der Waals surface area contributed by atoms with Gasteiger partial charge in [0.1, 0.15) is 12.1 Å². The summed E-state index contributed by atoms with van der Waals surface area (Å²) in [5.41, 5.74) is 0.287. The third-order valence-corrected chi connectivity index (χ3v) is 3.25. The largest absolute Gasteiger partial charge is 0.461 e. The lowest BCUT2D eigenvalue weighted by atomic mass is 10.3. The number of carbonyl (C=O) groups excluding carboxylic acids is 1. The number of β-amino-alcohol motifs (C(OH)–C–C–N with tert-alkyl or cyclic N) is 1. The standard InChI is InChI=1S/C13H20N4O3/c1-2-20-13(19)11-9-12(15-10-14-11)17-5-3-16(4-6-17)7-8-18/h9-10,18H,2-8H2,1H3. The molecular formula is C13H20N4O3. The Hall–Kier alpha value is -1.73. The van der Waals surface area contributed by atoms with Gasteiger partial charge in [-0.15, -0.1) is 0 Å². The Morgan fingerprint density at radius 2 is 2.10 bits per heavy atom. The van der Waals surface area contributed by atoms with Gasteiger partial charge in [-0.1, -0.05) is 0 Å². The maximum Gasteiger partial charge on any atom is 0.357 e. The molecule has 7 nitrogen and oxygen atoms in total. The number of aliphatic hydroxyl groups is 1. The van der Waals surface area contributed by atoms with Crippen molar-refractivity contribution >= 4 is 11.8 Å². The summed E-state index contributed by atoms with van der Waals surface area (Å²) in [6.07, 6.45) is 1.39. The van der Waals surface area contributed by atoms with E-state index < -0.39 is 5.97 Å². The molecule has 20 heavy (non-hydrogen) atoms. The first-order valence-corrected chi connectivity index (χ1v) is 6.82. The molecule has 2 rings (SSSR count). The van der Waals surface area contributed by atoms with E-state index in [9.17, 15) is 4.79 Å². The molecule has 1 aliphatic rings. The monoisotopic (exact) mass is 280 g/mol. The molecular weight excluding hydrogens is 260 g/mol. The molecule has 2 heterocycles. The van der Waals surface area contributed by atoms with E-state index in [1.165, 1.54) is 6.33 Å². The third-order valence-electron chi connectivity index (χ3n) is 3.25. The number of ether oxygens (including phenoxy) is 1. The Morgan fingerprint density at radius 3 is 2.75 bits per heavy atom.